The molecule has 5 unspecified atom stereocenters. The standard InChI is InChI=1S/C67H56/c1-5-17-46(18-6-1)54-25-15-27-56(39-54)59-41-58(42-60(43-59)57-28-16-26-55(40-57)47-19-7-2-8-20-47)51-33-31-49(32-34-51)50-35-37-53(38-36-50)66-63-30-14-13-29-62(63)65-45-61(48-21-9-3-10-22-48)44-64(67(65)66)52-23-11-4-12-24-52/h1-40,58-61,64,67H,41-45H2. The van der Waals surface area contributed by atoms with E-state index >= 15 is 0 Å². The second-order valence-electron chi connectivity index (χ2n) is 19.5. The third-order valence-electron chi connectivity index (χ3n) is 15.7. The van der Waals surface area contributed by atoms with E-state index in [-0.39, 0.29) is 0 Å². The second kappa shape index (κ2) is 18.2. The van der Waals surface area contributed by atoms with Crippen molar-refractivity contribution >= 4 is 11.1 Å². The number of benzene rings is 9. The highest BCUT2D eigenvalue weighted by atomic mass is 14.4. The first-order valence-corrected chi connectivity index (χ1v) is 24.6. The lowest BCUT2D eigenvalue weighted by molar-refractivity contribution is 0.351. The summed E-state index contributed by atoms with van der Waals surface area (Å²) in [5.74, 6) is 2.65. The molecule has 324 valence electrons. The van der Waals surface area contributed by atoms with E-state index in [0.717, 1.165) is 32.1 Å². The Morgan fingerprint density at radius 2 is 0.642 bits per heavy atom. The van der Waals surface area contributed by atoms with Gasteiger partial charge in [-0.2, -0.15) is 0 Å². The Labute approximate surface area is 396 Å². The van der Waals surface area contributed by atoms with E-state index in [0.29, 0.717) is 35.5 Å². The van der Waals surface area contributed by atoms with Gasteiger partial charge in [-0.3, -0.25) is 0 Å². The van der Waals surface area contributed by atoms with Gasteiger partial charge in [0.2, 0.25) is 0 Å². The highest BCUT2D eigenvalue weighted by Crippen LogP contribution is 2.53. The molecule has 0 aromatic heterocycles. The van der Waals surface area contributed by atoms with E-state index in [2.05, 4.69) is 243 Å². The average Bonchev–Trinajstić information content (AvgIpc) is 3.76. The Hall–Kier alpha value is -7.28. The number of fused-ring (bicyclic) bond motifs is 2. The van der Waals surface area contributed by atoms with Gasteiger partial charge in [-0.05, 0) is 144 Å². The number of rotatable bonds is 9. The molecule has 67 heavy (non-hydrogen) atoms. The first-order valence-electron chi connectivity index (χ1n) is 24.6. The summed E-state index contributed by atoms with van der Waals surface area (Å²) in [5.41, 5.74) is 19.5. The molecule has 0 heteroatoms. The lowest BCUT2D eigenvalue weighted by atomic mass is 9.65. The molecule has 12 rings (SSSR count). The van der Waals surface area contributed by atoms with Gasteiger partial charge in [-0.1, -0.05) is 248 Å². The highest BCUT2D eigenvalue weighted by molar-refractivity contribution is 5.83. The SMILES string of the molecule is c1ccc(-c2cccc(C3CC(c4ccc(-c5ccc(C6=c7ccccc7=C7CC(c8ccccc8)CC(c8ccccc8)C76)cc5)cc4)CC(c4cccc(-c5ccccc5)c4)C3)c2)cc1. The third-order valence-corrected chi connectivity index (χ3v) is 15.7. The number of hydrogen-bond donors (Lipinski definition) is 0. The molecule has 9 aromatic rings. The van der Waals surface area contributed by atoms with E-state index < -0.39 is 0 Å². The Morgan fingerprint density at radius 3 is 1.19 bits per heavy atom. The largest absolute Gasteiger partial charge is 0.0622 e. The minimum atomic E-state index is 0.356. The van der Waals surface area contributed by atoms with Crippen molar-refractivity contribution < 1.29 is 0 Å². The molecule has 0 heterocycles. The third kappa shape index (κ3) is 8.21. The molecule has 3 aliphatic rings. The van der Waals surface area contributed by atoms with Gasteiger partial charge in [-0.25, -0.2) is 0 Å². The quantitative estimate of drug-likeness (QED) is 0.136. The van der Waals surface area contributed by atoms with Crippen LogP contribution >= 0.6 is 0 Å². The Morgan fingerprint density at radius 1 is 0.254 bits per heavy atom. The van der Waals surface area contributed by atoms with Gasteiger partial charge >= 0.3 is 0 Å². The molecule has 2 fully saturated rings. The minimum absolute atomic E-state index is 0.356. The zero-order chi connectivity index (χ0) is 44.5. The average molecular weight is 861 g/mol. The molecule has 2 saturated carbocycles. The van der Waals surface area contributed by atoms with E-state index in [1.54, 1.807) is 5.57 Å². The predicted molar refractivity (Wildman–Crippen MR) is 280 cm³/mol. The van der Waals surface area contributed by atoms with Crippen molar-refractivity contribution in [1.29, 1.82) is 0 Å². The van der Waals surface area contributed by atoms with E-state index in [1.807, 2.05) is 0 Å². The fraction of sp³-hybridized carbons (Fsp3) is 0.164. The molecule has 0 radical (unpaired) electrons. The maximum Gasteiger partial charge on any atom is 0.0139 e. The van der Waals surface area contributed by atoms with Crippen LogP contribution in [0.3, 0.4) is 0 Å². The molecular weight excluding hydrogens is 805 g/mol. The summed E-state index contributed by atoms with van der Waals surface area (Å²) in [6.45, 7) is 0. The summed E-state index contributed by atoms with van der Waals surface area (Å²) < 4.78 is 0. The maximum absolute atomic E-state index is 2.46. The van der Waals surface area contributed by atoms with Crippen molar-refractivity contribution in [3.8, 4) is 33.4 Å². The molecule has 0 nitrogen and oxygen atoms in total. The van der Waals surface area contributed by atoms with Crippen LogP contribution in [0.4, 0.5) is 0 Å². The predicted octanol–water partition coefficient (Wildman–Crippen LogP) is 15.9. The van der Waals surface area contributed by atoms with Crippen LogP contribution in [0, 0.1) is 5.92 Å². The van der Waals surface area contributed by atoms with Gasteiger partial charge in [0.15, 0.2) is 0 Å². The zero-order valence-corrected chi connectivity index (χ0v) is 38.1. The Balaban J connectivity index is 0.850. The molecule has 5 atom stereocenters. The highest BCUT2D eigenvalue weighted by Gasteiger charge is 2.41. The van der Waals surface area contributed by atoms with Crippen molar-refractivity contribution in [2.45, 2.75) is 61.7 Å². The summed E-state index contributed by atoms with van der Waals surface area (Å²) >= 11 is 0. The molecule has 9 aromatic carbocycles. The van der Waals surface area contributed by atoms with Crippen LogP contribution in [0.5, 0.6) is 0 Å². The smallest absolute Gasteiger partial charge is 0.0139 e. The Kier molecular flexibility index (Phi) is 11.2. The van der Waals surface area contributed by atoms with Crippen molar-refractivity contribution in [2.24, 2.45) is 5.92 Å². The molecule has 0 bridgehead atoms. The zero-order valence-electron chi connectivity index (χ0n) is 38.1. The van der Waals surface area contributed by atoms with Gasteiger partial charge in [0.05, 0.1) is 0 Å². The molecule has 0 aliphatic heterocycles. The van der Waals surface area contributed by atoms with Crippen LogP contribution < -0.4 is 10.4 Å². The first-order chi connectivity index (χ1) is 33.2. The van der Waals surface area contributed by atoms with E-state index in [1.165, 1.54) is 82.8 Å². The van der Waals surface area contributed by atoms with Crippen molar-refractivity contribution in [3.05, 3.63) is 286 Å². The fourth-order valence-electron chi connectivity index (χ4n) is 12.5. The number of hydrogen-bond acceptors (Lipinski definition) is 0. The van der Waals surface area contributed by atoms with Crippen LogP contribution in [0.1, 0.15) is 95.1 Å². The Bertz CT molecular complexity index is 3170. The molecule has 0 spiro atoms. The lowest BCUT2D eigenvalue weighted by Crippen LogP contribution is -2.26. The molecule has 0 N–H and O–H groups in total. The van der Waals surface area contributed by atoms with Gasteiger partial charge < -0.3 is 0 Å². The van der Waals surface area contributed by atoms with Crippen LogP contribution in [0.15, 0.2) is 243 Å². The molecule has 3 aliphatic carbocycles. The summed E-state index contributed by atoms with van der Waals surface area (Å²) in [6.07, 6.45) is 5.70. The lowest BCUT2D eigenvalue weighted by Gasteiger charge is -2.39. The topological polar surface area (TPSA) is 0 Å². The van der Waals surface area contributed by atoms with Crippen LogP contribution in [0.25, 0.3) is 44.5 Å². The van der Waals surface area contributed by atoms with E-state index in [9.17, 15) is 0 Å². The second-order valence-corrected chi connectivity index (χ2v) is 19.5. The maximum atomic E-state index is 2.46. The van der Waals surface area contributed by atoms with Gasteiger partial charge in [-0.15, -0.1) is 0 Å². The molecule has 0 saturated heterocycles. The van der Waals surface area contributed by atoms with Crippen molar-refractivity contribution in [2.75, 3.05) is 0 Å². The molecule has 0 amide bonds. The van der Waals surface area contributed by atoms with Gasteiger partial charge in [0.1, 0.15) is 0 Å². The van der Waals surface area contributed by atoms with Crippen LogP contribution in [0.2, 0.25) is 0 Å². The summed E-state index contributed by atoms with van der Waals surface area (Å²) in [4.78, 5) is 0. The minimum Gasteiger partial charge on any atom is -0.0622 e. The van der Waals surface area contributed by atoms with Crippen LogP contribution in [-0.2, 0) is 0 Å². The summed E-state index contributed by atoms with van der Waals surface area (Å²) in [7, 11) is 0. The summed E-state index contributed by atoms with van der Waals surface area (Å²) in [5, 5.41) is 2.86. The van der Waals surface area contributed by atoms with Gasteiger partial charge in [0, 0.05) is 5.92 Å². The van der Waals surface area contributed by atoms with Crippen molar-refractivity contribution in [3.63, 3.8) is 0 Å². The summed E-state index contributed by atoms with van der Waals surface area (Å²) in [6, 6.07) is 91.5. The normalized spacial score (nSPS) is 21.1. The fourth-order valence-corrected chi connectivity index (χ4v) is 12.5. The van der Waals surface area contributed by atoms with Crippen molar-refractivity contribution in [1.82, 2.24) is 0 Å². The monoisotopic (exact) mass is 860 g/mol. The molecular formula is C67H56. The van der Waals surface area contributed by atoms with Crippen LogP contribution in [-0.4, -0.2) is 0 Å². The van der Waals surface area contributed by atoms with Gasteiger partial charge in [0.25, 0.3) is 0 Å². The first kappa shape index (κ1) is 41.2. The van der Waals surface area contributed by atoms with E-state index in [4.69, 9.17) is 0 Å².